The Bertz CT molecular complexity index is 563. The van der Waals surface area contributed by atoms with Gasteiger partial charge in [0.05, 0.1) is 23.6 Å². The second-order valence-corrected chi connectivity index (χ2v) is 7.06. The van der Waals surface area contributed by atoms with Crippen LogP contribution in [0.25, 0.3) is 0 Å². The quantitative estimate of drug-likeness (QED) is 0.830. The van der Waals surface area contributed by atoms with Crippen LogP contribution < -0.4 is 0 Å². The number of nitrogens with zero attached hydrogens (tertiary/aromatic N) is 1. The van der Waals surface area contributed by atoms with Crippen molar-refractivity contribution in [2.75, 3.05) is 27.4 Å². The first kappa shape index (κ1) is 15.7. The average Bonchev–Trinajstić information content (AvgIpc) is 2.83. The first-order valence-corrected chi connectivity index (χ1v) is 8.10. The lowest BCUT2D eigenvalue weighted by Gasteiger charge is -2.23. The van der Waals surface area contributed by atoms with Gasteiger partial charge in [-0.25, -0.2) is 8.42 Å². The molecule has 0 spiro atoms. The van der Waals surface area contributed by atoms with Crippen LogP contribution in [0.15, 0.2) is 29.2 Å². The molecule has 2 atom stereocenters. The van der Waals surface area contributed by atoms with E-state index in [0.717, 1.165) is 0 Å². The van der Waals surface area contributed by atoms with Gasteiger partial charge in [0.2, 0.25) is 10.0 Å². The Labute approximate surface area is 124 Å². The fourth-order valence-corrected chi connectivity index (χ4v) is 4.37. The van der Waals surface area contributed by atoms with Crippen LogP contribution in [0.5, 0.6) is 0 Å². The fourth-order valence-electron chi connectivity index (χ4n) is 2.42. The van der Waals surface area contributed by atoms with Crippen LogP contribution >= 0.6 is 11.6 Å². The van der Waals surface area contributed by atoms with E-state index in [0.29, 0.717) is 24.6 Å². The number of methoxy groups -OCH3 is 2. The van der Waals surface area contributed by atoms with Crippen molar-refractivity contribution in [2.24, 2.45) is 0 Å². The van der Waals surface area contributed by atoms with Crippen molar-refractivity contribution in [1.82, 2.24) is 4.31 Å². The summed E-state index contributed by atoms with van der Waals surface area (Å²) >= 11 is 5.88. The van der Waals surface area contributed by atoms with E-state index in [1.165, 1.54) is 10.4 Å². The lowest BCUT2D eigenvalue weighted by Crippen LogP contribution is -2.38. The normalized spacial score (nSPS) is 24.1. The summed E-state index contributed by atoms with van der Waals surface area (Å²) in [6.07, 6.45) is 0.522. The lowest BCUT2D eigenvalue weighted by molar-refractivity contribution is 0.110. The zero-order chi connectivity index (χ0) is 14.8. The number of hydrogen-bond donors (Lipinski definition) is 0. The molecule has 1 aromatic carbocycles. The highest BCUT2D eigenvalue weighted by molar-refractivity contribution is 7.89. The molecule has 0 saturated carbocycles. The maximum atomic E-state index is 12.7. The molecule has 20 heavy (non-hydrogen) atoms. The van der Waals surface area contributed by atoms with E-state index >= 15 is 0 Å². The number of halogens is 1. The van der Waals surface area contributed by atoms with Crippen LogP contribution in [-0.2, 0) is 19.5 Å². The monoisotopic (exact) mass is 319 g/mol. The van der Waals surface area contributed by atoms with Crippen LogP contribution in [0.3, 0.4) is 0 Å². The van der Waals surface area contributed by atoms with Crippen molar-refractivity contribution in [1.29, 1.82) is 0 Å². The Morgan fingerprint density at radius 2 is 2.15 bits per heavy atom. The minimum absolute atomic E-state index is 0.107. The number of ether oxygens (including phenoxy) is 2. The largest absolute Gasteiger partial charge is 0.383 e. The SMILES string of the molecule is COC[C@@H]1C[C@H](OC)CN1S(=O)(=O)c1cccc(Cl)c1. The van der Waals surface area contributed by atoms with E-state index in [4.69, 9.17) is 21.1 Å². The summed E-state index contributed by atoms with van der Waals surface area (Å²) in [6, 6.07) is 6.07. The predicted molar refractivity (Wildman–Crippen MR) is 76.4 cm³/mol. The van der Waals surface area contributed by atoms with Crippen LogP contribution in [0.1, 0.15) is 6.42 Å². The van der Waals surface area contributed by atoms with Crippen LogP contribution in [0.2, 0.25) is 5.02 Å². The van der Waals surface area contributed by atoms with Crippen molar-refractivity contribution in [3.63, 3.8) is 0 Å². The van der Waals surface area contributed by atoms with E-state index in [9.17, 15) is 8.42 Å². The number of hydrogen-bond acceptors (Lipinski definition) is 4. The minimum Gasteiger partial charge on any atom is -0.383 e. The molecular formula is C13H18ClNO4S. The van der Waals surface area contributed by atoms with Gasteiger partial charge in [-0.15, -0.1) is 0 Å². The summed E-state index contributed by atoms with van der Waals surface area (Å²) in [5.74, 6) is 0. The molecule has 1 aromatic rings. The van der Waals surface area contributed by atoms with Crippen molar-refractivity contribution in [3.8, 4) is 0 Å². The highest BCUT2D eigenvalue weighted by atomic mass is 35.5. The van der Waals surface area contributed by atoms with Crippen LogP contribution in [0, 0.1) is 0 Å². The second kappa shape index (κ2) is 6.41. The molecule has 0 aliphatic carbocycles. The summed E-state index contributed by atoms with van der Waals surface area (Å²) in [5.41, 5.74) is 0. The molecule has 0 bridgehead atoms. The molecule has 0 aromatic heterocycles. The maximum absolute atomic E-state index is 12.7. The minimum atomic E-state index is -3.59. The van der Waals surface area contributed by atoms with Gasteiger partial charge in [0.25, 0.3) is 0 Å². The molecule has 0 N–H and O–H groups in total. The summed E-state index contributed by atoms with van der Waals surface area (Å²) in [4.78, 5) is 0.197. The Morgan fingerprint density at radius 1 is 1.40 bits per heavy atom. The molecule has 1 aliphatic heterocycles. The number of sulfonamides is 1. The molecular weight excluding hydrogens is 302 g/mol. The van der Waals surface area contributed by atoms with Crippen molar-refractivity contribution in [3.05, 3.63) is 29.3 Å². The molecule has 1 fully saturated rings. The standard InChI is InChI=1S/C13H18ClNO4S/c1-18-9-11-7-12(19-2)8-15(11)20(16,17)13-5-3-4-10(14)6-13/h3-6,11-12H,7-9H2,1-2H3/t11-,12-/m0/s1. The molecule has 1 aliphatic rings. The Balaban J connectivity index is 2.32. The zero-order valence-corrected chi connectivity index (χ0v) is 13.0. The third-order valence-corrected chi connectivity index (χ3v) is 5.57. The van der Waals surface area contributed by atoms with Gasteiger partial charge in [0.15, 0.2) is 0 Å². The highest BCUT2D eigenvalue weighted by Gasteiger charge is 2.40. The third kappa shape index (κ3) is 3.15. The summed E-state index contributed by atoms with van der Waals surface area (Å²) in [5, 5.41) is 0.400. The van der Waals surface area contributed by atoms with Crippen LogP contribution in [0.4, 0.5) is 0 Å². The predicted octanol–water partition coefficient (Wildman–Crippen LogP) is 1.76. The molecule has 2 rings (SSSR count). The Kier molecular flexibility index (Phi) is 5.04. The van der Waals surface area contributed by atoms with Gasteiger partial charge in [0, 0.05) is 25.8 Å². The first-order valence-electron chi connectivity index (χ1n) is 6.28. The molecule has 1 heterocycles. The third-order valence-electron chi connectivity index (χ3n) is 3.42. The fraction of sp³-hybridized carbons (Fsp3) is 0.538. The zero-order valence-electron chi connectivity index (χ0n) is 11.5. The van der Waals surface area contributed by atoms with Gasteiger partial charge in [-0.2, -0.15) is 4.31 Å². The van der Waals surface area contributed by atoms with Crippen molar-refractivity contribution in [2.45, 2.75) is 23.5 Å². The summed E-state index contributed by atoms with van der Waals surface area (Å²) in [7, 11) is -0.440. The number of rotatable bonds is 5. The van der Waals surface area contributed by atoms with E-state index in [1.54, 1.807) is 32.4 Å². The van der Waals surface area contributed by atoms with Gasteiger partial charge in [0.1, 0.15) is 0 Å². The smallest absolute Gasteiger partial charge is 0.243 e. The van der Waals surface area contributed by atoms with Gasteiger partial charge in [-0.05, 0) is 24.6 Å². The molecule has 7 heteroatoms. The average molecular weight is 320 g/mol. The molecule has 1 saturated heterocycles. The van der Waals surface area contributed by atoms with E-state index in [-0.39, 0.29) is 17.0 Å². The van der Waals surface area contributed by atoms with Gasteiger partial charge in [-0.1, -0.05) is 17.7 Å². The van der Waals surface area contributed by atoms with Crippen LogP contribution in [-0.4, -0.2) is 52.2 Å². The maximum Gasteiger partial charge on any atom is 0.243 e. The van der Waals surface area contributed by atoms with E-state index < -0.39 is 10.0 Å². The van der Waals surface area contributed by atoms with E-state index in [2.05, 4.69) is 0 Å². The molecule has 5 nitrogen and oxygen atoms in total. The van der Waals surface area contributed by atoms with Crippen molar-refractivity contribution >= 4 is 21.6 Å². The highest BCUT2D eigenvalue weighted by Crippen LogP contribution is 2.28. The lowest BCUT2D eigenvalue weighted by atomic mass is 10.2. The topological polar surface area (TPSA) is 55.8 Å². The number of benzene rings is 1. The first-order chi connectivity index (χ1) is 9.48. The Hall–Kier alpha value is -0.660. The van der Waals surface area contributed by atoms with E-state index in [1.807, 2.05) is 0 Å². The second-order valence-electron chi connectivity index (χ2n) is 4.73. The van der Waals surface area contributed by atoms with Crippen molar-refractivity contribution < 1.29 is 17.9 Å². The summed E-state index contributed by atoms with van der Waals surface area (Å²) in [6.45, 7) is 0.680. The van der Waals surface area contributed by atoms with Gasteiger partial charge >= 0.3 is 0 Å². The van der Waals surface area contributed by atoms with Gasteiger partial charge in [-0.3, -0.25) is 0 Å². The summed E-state index contributed by atoms with van der Waals surface area (Å²) < 4.78 is 37.2. The Morgan fingerprint density at radius 3 is 2.75 bits per heavy atom. The molecule has 112 valence electrons. The van der Waals surface area contributed by atoms with Gasteiger partial charge < -0.3 is 9.47 Å². The molecule has 0 radical (unpaired) electrons. The molecule has 0 amide bonds. The molecule has 0 unspecified atom stereocenters.